The molecule has 1 heterocycles. The van der Waals surface area contributed by atoms with Crippen LogP contribution in [0.3, 0.4) is 0 Å². The van der Waals surface area contributed by atoms with E-state index in [0.717, 1.165) is 0 Å². The van der Waals surface area contributed by atoms with Gasteiger partial charge in [0.25, 0.3) is 0 Å². The number of nitrogens with one attached hydrogen (secondary N) is 2. The highest BCUT2D eigenvalue weighted by atomic mass is 32.2. The van der Waals surface area contributed by atoms with E-state index in [9.17, 15) is 13.2 Å². The smallest absolute Gasteiger partial charge is 0.315 e. The standard InChI is InChI=1S/C7H14N2O4S/c10-4-3-8-7(11)9-6-2-1-5-14(6,12)13/h6,10H,1-5H2,(H2,8,9,11). The van der Waals surface area contributed by atoms with Crippen molar-refractivity contribution in [3.05, 3.63) is 0 Å². The molecular weight excluding hydrogens is 208 g/mol. The van der Waals surface area contributed by atoms with Crippen LogP contribution < -0.4 is 10.6 Å². The summed E-state index contributed by atoms with van der Waals surface area (Å²) in [6.45, 7) is -0.0383. The van der Waals surface area contributed by atoms with E-state index in [0.29, 0.717) is 12.8 Å². The summed E-state index contributed by atoms with van der Waals surface area (Å²) < 4.78 is 22.6. The molecule has 0 aromatic heterocycles. The van der Waals surface area contributed by atoms with E-state index in [-0.39, 0.29) is 18.9 Å². The number of sulfone groups is 1. The lowest BCUT2D eigenvalue weighted by atomic mass is 10.3. The van der Waals surface area contributed by atoms with Crippen molar-refractivity contribution in [2.75, 3.05) is 18.9 Å². The number of carbonyl (C=O) groups excluding carboxylic acids is 1. The summed E-state index contributed by atoms with van der Waals surface area (Å²) >= 11 is 0. The van der Waals surface area contributed by atoms with Crippen molar-refractivity contribution in [1.29, 1.82) is 0 Å². The minimum Gasteiger partial charge on any atom is -0.395 e. The molecule has 3 N–H and O–H groups in total. The molecule has 0 spiro atoms. The first-order chi connectivity index (χ1) is 6.56. The van der Waals surface area contributed by atoms with Crippen molar-refractivity contribution >= 4 is 15.9 Å². The van der Waals surface area contributed by atoms with Crippen LogP contribution in [-0.2, 0) is 9.84 Å². The molecule has 0 bridgehead atoms. The highest BCUT2D eigenvalue weighted by Gasteiger charge is 2.32. The van der Waals surface area contributed by atoms with Gasteiger partial charge in [-0.15, -0.1) is 0 Å². The van der Waals surface area contributed by atoms with Gasteiger partial charge in [-0.25, -0.2) is 13.2 Å². The number of aliphatic hydroxyl groups is 1. The minimum absolute atomic E-state index is 0.124. The van der Waals surface area contributed by atoms with Crippen molar-refractivity contribution < 1.29 is 18.3 Å². The van der Waals surface area contributed by atoms with Gasteiger partial charge in [0.2, 0.25) is 0 Å². The number of hydrogen-bond donors (Lipinski definition) is 3. The molecule has 0 saturated carbocycles. The van der Waals surface area contributed by atoms with E-state index in [1.807, 2.05) is 0 Å². The number of amides is 2. The summed E-state index contributed by atoms with van der Waals surface area (Å²) in [5.41, 5.74) is 0. The molecular formula is C7H14N2O4S. The predicted molar refractivity (Wildman–Crippen MR) is 50.4 cm³/mol. The van der Waals surface area contributed by atoms with E-state index in [1.165, 1.54) is 0 Å². The number of urea groups is 1. The third-order valence-electron chi connectivity index (χ3n) is 2.02. The quantitative estimate of drug-likeness (QED) is 0.559. The van der Waals surface area contributed by atoms with E-state index < -0.39 is 21.2 Å². The highest BCUT2D eigenvalue weighted by molar-refractivity contribution is 7.92. The Bertz CT molecular complexity index is 301. The van der Waals surface area contributed by atoms with Crippen LogP contribution in [0.2, 0.25) is 0 Å². The second-order valence-electron chi connectivity index (χ2n) is 3.12. The van der Waals surface area contributed by atoms with Crippen molar-refractivity contribution in [1.82, 2.24) is 10.6 Å². The van der Waals surface area contributed by atoms with Gasteiger partial charge >= 0.3 is 6.03 Å². The van der Waals surface area contributed by atoms with Gasteiger partial charge < -0.3 is 15.7 Å². The van der Waals surface area contributed by atoms with Crippen LogP contribution >= 0.6 is 0 Å². The topological polar surface area (TPSA) is 95.5 Å². The third-order valence-corrected chi connectivity index (χ3v) is 4.10. The third kappa shape index (κ3) is 2.85. The molecule has 1 aliphatic rings. The molecule has 1 unspecified atom stereocenters. The van der Waals surface area contributed by atoms with Crippen LogP contribution in [-0.4, -0.2) is 43.8 Å². The van der Waals surface area contributed by atoms with Gasteiger partial charge in [-0.05, 0) is 12.8 Å². The molecule has 1 aliphatic heterocycles. The van der Waals surface area contributed by atoms with Crippen LogP contribution in [0, 0.1) is 0 Å². The number of aliphatic hydroxyl groups excluding tert-OH is 1. The lowest BCUT2D eigenvalue weighted by Crippen LogP contribution is -2.44. The Hall–Kier alpha value is -0.820. The van der Waals surface area contributed by atoms with Gasteiger partial charge in [-0.1, -0.05) is 0 Å². The molecule has 0 radical (unpaired) electrons. The van der Waals surface area contributed by atoms with Gasteiger partial charge in [-0.3, -0.25) is 0 Å². The number of hydrogen-bond acceptors (Lipinski definition) is 4. The monoisotopic (exact) mass is 222 g/mol. The van der Waals surface area contributed by atoms with Crippen LogP contribution in [0.25, 0.3) is 0 Å². The minimum atomic E-state index is -3.14. The van der Waals surface area contributed by atoms with Crippen molar-refractivity contribution in [3.8, 4) is 0 Å². The molecule has 14 heavy (non-hydrogen) atoms. The maximum absolute atomic E-state index is 11.3. The second kappa shape index (κ2) is 4.61. The zero-order chi connectivity index (χ0) is 10.6. The second-order valence-corrected chi connectivity index (χ2v) is 5.42. The van der Waals surface area contributed by atoms with Crippen molar-refractivity contribution in [3.63, 3.8) is 0 Å². The van der Waals surface area contributed by atoms with Crippen LogP contribution in [0.4, 0.5) is 4.79 Å². The average molecular weight is 222 g/mol. The van der Waals surface area contributed by atoms with E-state index in [4.69, 9.17) is 5.11 Å². The Morgan fingerprint density at radius 1 is 1.50 bits per heavy atom. The summed E-state index contributed by atoms with van der Waals surface area (Å²) in [5, 5.41) is 12.3. The van der Waals surface area contributed by atoms with E-state index in [2.05, 4.69) is 10.6 Å². The first-order valence-electron chi connectivity index (χ1n) is 4.43. The van der Waals surface area contributed by atoms with E-state index >= 15 is 0 Å². The number of rotatable bonds is 3. The normalized spacial score (nSPS) is 24.5. The maximum atomic E-state index is 11.3. The van der Waals surface area contributed by atoms with Gasteiger partial charge in [0.05, 0.1) is 12.4 Å². The van der Waals surface area contributed by atoms with Crippen LogP contribution in [0.15, 0.2) is 0 Å². The van der Waals surface area contributed by atoms with Gasteiger partial charge in [0, 0.05) is 6.54 Å². The lowest BCUT2D eigenvalue weighted by Gasteiger charge is -2.12. The van der Waals surface area contributed by atoms with Crippen molar-refractivity contribution in [2.45, 2.75) is 18.2 Å². The maximum Gasteiger partial charge on any atom is 0.315 e. The van der Waals surface area contributed by atoms with Gasteiger partial charge in [-0.2, -0.15) is 0 Å². The zero-order valence-electron chi connectivity index (χ0n) is 7.69. The average Bonchev–Trinajstić information content (AvgIpc) is 2.43. The fraction of sp³-hybridized carbons (Fsp3) is 0.857. The molecule has 7 heteroatoms. The molecule has 1 atom stereocenters. The Kier molecular flexibility index (Phi) is 3.70. The number of carbonyl (C=O) groups is 1. The summed E-state index contributed by atoms with van der Waals surface area (Å²) in [5.74, 6) is 0.137. The summed E-state index contributed by atoms with van der Waals surface area (Å²) in [7, 11) is -3.14. The molecule has 1 rings (SSSR count). The van der Waals surface area contributed by atoms with Crippen molar-refractivity contribution in [2.24, 2.45) is 0 Å². The Labute approximate surface area is 82.6 Å². The van der Waals surface area contributed by atoms with Crippen LogP contribution in [0.1, 0.15) is 12.8 Å². The molecule has 0 aliphatic carbocycles. The lowest BCUT2D eigenvalue weighted by molar-refractivity contribution is 0.233. The molecule has 6 nitrogen and oxygen atoms in total. The largest absolute Gasteiger partial charge is 0.395 e. The molecule has 1 saturated heterocycles. The molecule has 82 valence electrons. The molecule has 2 amide bonds. The first kappa shape index (κ1) is 11.3. The summed E-state index contributed by atoms with van der Waals surface area (Å²) in [6, 6.07) is -0.547. The summed E-state index contributed by atoms with van der Waals surface area (Å²) in [6.07, 6.45) is 1.06. The Morgan fingerprint density at radius 2 is 2.21 bits per heavy atom. The Balaban J connectivity index is 2.41. The van der Waals surface area contributed by atoms with E-state index in [1.54, 1.807) is 0 Å². The fourth-order valence-corrected chi connectivity index (χ4v) is 2.99. The van der Waals surface area contributed by atoms with Crippen LogP contribution in [0.5, 0.6) is 0 Å². The van der Waals surface area contributed by atoms with Gasteiger partial charge in [0.1, 0.15) is 5.37 Å². The zero-order valence-corrected chi connectivity index (χ0v) is 8.51. The van der Waals surface area contributed by atoms with Gasteiger partial charge in [0.15, 0.2) is 9.84 Å². The molecule has 1 fully saturated rings. The fourth-order valence-electron chi connectivity index (χ4n) is 1.32. The Morgan fingerprint density at radius 3 is 2.71 bits per heavy atom. The summed E-state index contributed by atoms with van der Waals surface area (Å²) in [4.78, 5) is 11.0. The predicted octanol–water partition coefficient (Wildman–Crippen LogP) is -1.19. The SMILES string of the molecule is O=C(NCCO)NC1CCCS1(=O)=O. The molecule has 0 aromatic rings. The molecule has 0 aromatic carbocycles. The first-order valence-corrected chi connectivity index (χ1v) is 6.14. The highest BCUT2D eigenvalue weighted by Crippen LogP contribution is 2.17.